The van der Waals surface area contributed by atoms with Gasteiger partial charge in [0.1, 0.15) is 13.2 Å². The minimum absolute atomic E-state index is 0.0679. The minimum Gasteiger partial charge on any atom is -0.462 e. The molecule has 0 N–H and O–H groups in total. The Morgan fingerprint density at radius 3 is 0.602 bits per heavy atom. The van der Waals surface area contributed by atoms with Crippen LogP contribution < -0.4 is 0 Å². The molecule has 490 valence electrons. The van der Waals surface area contributed by atoms with Gasteiger partial charge in [0.2, 0.25) is 0 Å². The second-order valence-corrected chi connectivity index (χ2v) is 25.9. The average molecular weight is 1170 g/mol. The van der Waals surface area contributed by atoms with E-state index in [0.29, 0.717) is 19.3 Å². The standard InChI is InChI=1S/C77H146O6/c1-4-7-10-13-16-19-22-25-28-30-32-34-36-38-40-42-44-46-49-52-55-58-61-64-67-70-76(79)82-73-74(72-81-75(78)69-66-63-60-57-54-51-48-27-24-21-18-15-12-9-6-3)83-77(80)71-68-65-62-59-56-53-50-47-45-43-41-39-37-35-33-31-29-26-23-20-17-14-11-8-5-2/h27,30,32,48,74H,4-26,28-29,31,33-47,49-73H2,1-3H3/b32-30-,48-27-. The molecule has 0 aromatic carbocycles. The molecule has 0 fully saturated rings. The van der Waals surface area contributed by atoms with Gasteiger partial charge in [0.25, 0.3) is 0 Å². The van der Waals surface area contributed by atoms with Crippen molar-refractivity contribution in [2.75, 3.05) is 13.2 Å². The molecule has 0 aliphatic carbocycles. The van der Waals surface area contributed by atoms with Crippen LogP contribution in [0.25, 0.3) is 0 Å². The summed E-state index contributed by atoms with van der Waals surface area (Å²) in [7, 11) is 0. The van der Waals surface area contributed by atoms with E-state index in [1.807, 2.05) is 0 Å². The number of ether oxygens (including phenoxy) is 3. The molecule has 1 atom stereocenters. The smallest absolute Gasteiger partial charge is 0.306 e. The Labute approximate surface area is 519 Å². The SMILES string of the molecule is CCCCCCCC/C=C\CCCCCCCC(=O)OCC(COC(=O)CCCCCCCCCCCCCCC/C=C\CCCCCCCCCC)OC(=O)CCCCCCCCCCCCCCCCCCCCCCCCCCC. The molecule has 0 radical (unpaired) electrons. The Morgan fingerprint density at radius 1 is 0.229 bits per heavy atom. The van der Waals surface area contributed by atoms with Crippen molar-refractivity contribution >= 4 is 17.9 Å². The maximum atomic E-state index is 13.0. The summed E-state index contributed by atoms with van der Waals surface area (Å²) < 4.78 is 17.0. The summed E-state index contributed by atoms with van der Waals surface area (Å²) in [5, 5.41) is 0. The molecule has 0 aromatic heterocycles. The lowest BCUT2D eigenvalue weighted by Crippen LogP contribution is -2.30. The van der Waals surface area contributed by atoms with Gasteiger partial charge in [-0.15, -0.1) is 0 Å². The predicted molar refractivity (Wildman–Crippen MR) is 363 cm³/mol. The van der Waals surface area contributed by atoms with Crippen LogP contribution in [-0.4, -0.2) is 37.2 Å². The van der Waals surface area contributed by atoms with Crippen molar-refractivity contribution in [3.05, 3.63) is 24.3 Å². The van der Waals surface area contributed by atoms with E-state index in [4.69, 9.17) is 14.2 Å². The van der Waals surface area contributed by atoms with E-state index in [0.717, 1.165) is 64.2 Å². The summed E-state index contributed by atoms with van der Waals surface area (Å²) >= 11 is 0. The van der Waals surface area contributed by atoms with Crippen molar-refractivity contribution in [2.45, 2.75) is 438 Å². The summed E-state index contributed by atoms with van der Waals surface area (Å²) in [6.45, 7) is 6.72. The highest BCUT2D eigenvalue weighted by molar-refractivity contribution is 5.71. The fourth-order valence-corrected chi connectivity index (χ4v) is 11.7. The molecule has 0 bridgehead atoms. The number of esters is 3. The summed E-state index contributed by atoms with van der Waals surface area (Å²) in [4.78, 5) is 38.5. The van der Waals surface area contributed by atoms with Crippen LogP contribution in [0.2, 0.25) is 0 Å². The topological polar surface area (TPSA) is 78.9 Å². The highest BCUT2D eigenvalue weighted by atomic mass is 16.6. The fraction of sp³-hybridized carbons (Fsp3) is 0.909. The van der Waals surface area contributed by atoms with E-state index in [1.54, 1.807) is 0 Å². The first-order valence-electron chi connectivity index (χ1n) is 37.8. The van der Waals surface area contributed by atoms with Crippen LogP contribution in [0.4, 0.5) is 0 Å². The molecule has 0 heterocycles. The lowest BCUT2D eigenvalue weighted by atomic mass is 10.0. The van der Waals surface area contributed by atoms with Crippen molar-refractivity contribution in [1.29, 1.82) is 0 Å². The number of carbonyl (C=O) groups is 3. The maximum Gasteiger partial charge on any atom is 0.306 e. The summed E-state index contributed by atoms with van der Waals surface area (Å²) in [5.74, 6) is -0.841. The highest BCUT2D eigenvalue weighted by Gasteiger charge is 2.20. The molecule has 0 saturated heterocycles. The highest BCUT2D eigenvalue weighted by Crippen LogP contribution is 2.19. The zero-order chi connectivity index (χ0) is 59.9. The van der Waals surface area contributed by atoms with Crippen LogP contribution in [0.1, 0.15) is 432 Å². The largest absolute Gasteiger partial charge is 0.462 e. The number of rotatable bonds is 71. The van der Waals surface area contributed by atoms with Gasteiger partial charge >= 0.3 is 17.9 Å². The first-order valence-corrected chi connectivity index (χ1v) is 37.8. The Balaban J connectivity index is 4.23. The van der Waals surface area contributed by atoms with Crippen molar-refractivity contribution in [1.82, 2.24) is 0 Å². The fourth-order valence-electron chi connectivity index (χ4n) is 11.7. The van der Waals surface area contributed by atoms with Gasteiger partial charge in [-0.2, -0.15) is 0 Å². The van der Waals surface area contributed by atoms with Gasteiger partial charge in [-0.05, 0) is 70.6 Å². The zero-order valence-corrected chi connectivity index (χ0v) is 56.5. The first kappa shape index (κ1) is 80.9. The van der Waals surface area contributed by atoms with E-state index < -0.39 is 6.10 Å². The van der Waals surface area contributed by atoms with E-state index >= 15 is 0 Å². The van der Waals surface area contributed by atoms with Gasteiger partial charge in [0.15, 0.2) is 6.10 Å². The molecular weight excluding hydrogens is 1020 g/mol. The Hall–Kier alpha value is -2.11. The lowest BCUT2D eigenvalue weighted by molar-refractivity contribution is -0.167. The third kappa shape index (κ3) is 70.5. The van der Waals surface area contributed by atoms with Crippen molar-refractivity contribution < 1.29 is 28.6 Å². The number of allylic oxidation sites excluding steroid dienone is 4. The van der Waals surface area contributed by atoms with Gasteiger partial charge in [-0.1, -0.05) is 366 Å². The van der Waals surface area contributed by atoms with Crippen LogP contribution in [0.15, 0.2) is 24.3 Å². The molecule has 0 rings (SSSR count). The normalized spacial score (nSPS) is 12.1. The van der Waals surface area contributed by atoms with Crippen molar-refractivity contribution in [3.8, 4) is 0 Å². The molecule has 6 nitrogen and oxygen atoms in total. The molecule has 0 aromatic rings. The van der Waals surface area contributed by atoms with Crippen LogP contribution in [0.3, 0.4) is 0 Å². The van der Waals surface area contributed by atoms with Crippen LogP contribution in [0.5, 0.6) is 0 Å². The molecule has 83 heavy (non-hydrogen) atoms. The van der Waals surface area contributed by atoms with E-state index in [2.05, 4.69) is 45.1 Å². The second-order valence-electron chi connectivity index (χ2n) is 25.9. The third-order valence-electron chi connectivity index (χ3n) is 17.4. The summed E-state index contributed by atoms with van der Waals surface area (Å²) in [5.41, 5.74) is 0. The molecule has 0 spiro atoms. The maximum absolute atomic E-state index is 13.0. The van der Waals surface area contributed by atoms with E-state index in [-0.39, 0.29) is 31.1 Å². The molecule has 0 aliphatic heterocycles. The molecule has 0 saturated carbocycles. The molecular formula is C77H146O6. The van der Waals surface area contributed by atoms with Crippen LogP contribution in [-0.2, 0) is 28.6 Å². The number of hydrogen-bond acceptors (Lipinski definition) is 6. The number of hydrogen-bond donors (Lipinski definition) is 0. The molecule has 0 aliphatic rings. The second kappa shape index (κ2) is 72.4. The molecule has 6 heteroatoms. The summed E-state index contributed by atoms with van der Waals surface area (Å²) in [6.07, 6.45) is 89.4. The van der Waals surface area contributed by atoms with Gasteiger partial charge in [-0.25, -0.2) is 0 Å². The average Bonchev–Trinajstić information content (AvgIpc) is 3.49. The van der Waals surface area contributed by atoms with Gasteiger partial charge in [-0.3, -0.25) is 14.4 Å². The Bertz CT molecular complexity index is 1340. The van der Waals surface area contributed by atoms with E-state index in [1.165, 1.54) is 327 Å². The zero-order valence-electron chi connectivity index (χ0n) is 56.5. The van der Waals surface area contributed by atoms with Crippen LogP contribution >= 0.6 is 0 Å². The third-order valence-corrected chi connectivity index (χ3v) is 17.4. The van der Waals surface area contributed by atoms with Crippen LogP contribution in [0, 0.1) is 0 Å². The monoisotopic (exact) mass is 1170 g/mol. The Kier molecular flexibility index (Phi) is 70.5. The summed E-state index contributed by atoms with van der Waals surface area (Å²) in [6, 6.07) is 0. The lowest BCUT2D eigenvalue weighted by Gasteiger charge is -2.18. The van der Waals surface area contributed by atoms with Gasteiger partial charge in [0.05, 0.1) is 0 Å². The van der Waals surface area contributed by atoms with Crippen molar-refractivity contribution in [3.63, 3.8) is 0 Å². The minimum atomic E-state index is -0.773. The van der Waals surface area contributed by atoms with Crippen molar-refractivity contribution in [2.24, 2.45) is 0 Å². The number of unbranched alkanes of at least 4 members (excludes halogenated alkanes) is 56. The quantitative estimate of drug-likeness (QED) is 0.0261. The Morgan fingerprint density at radius 2 is 0.398 bits per heavy atom. The predicted octanol–water partition coefficient (Wildman–Crippen LogP) is 26.1. The van der Waals surface area contributed by atoms with Gasteiger partial charge < -0.3 is 14.2 Å². The molecule has 0 amide bonds. The molecule has 1 unspecified atom stereocenters. The van der Waals surface area contributed by atoms with Gasteiger partial charge in [0, 0.05) is 19.3 Å². The number of carbonyl (C=O) groups excluding carboxylic acids is 3. The van der Waals surface area contributed by atoms with E-state index in [9.17, 15) is 14.4 Å². The first-order chi connectivity index (χ1) is 41.0.